The zero-order valence-corrected chi connectivity index (χ0v) is 21.3. The van der Waals surface area contributed by atoms with Crippen LogP contribution in [-0.2, 0) is 11.8 Å². The number of fused-ring (bicyclic) bond motifs is 1. The van der Waals surface area contributed by atoms with Gasteiger partial charge in [0.2, 0.25) is 0 Å². The molecule has 1 amide bonds. The first kappa shape index (κ1) is 25.4. The molecule has 0 radical (unpaired) electrons. The van der Waals surface area contributed by atoms with Crippen molar-refractivity contribution in [2.45, 2.75) is 45.4 Å². The van der Waals surface area contributed by atoms with Gasteiger partial charge in [-0.2, -0.15) is 0 Å². The van der Waals surface area contributed by atoms with E-state index in [1.807, 2.05) is 6.92 Å². The van der Waals surface area contributed by atoms with Crippen LogP contribution >= 0.6 is 0 Å². The zero-order valence-electron chi connectivity index (χ0n) is 21.3. The summed E-state index contributed by atoms with van der Waals surface area (Å²) in [7, 11) is 2.90. The number of furan rings is 1. The highest BCUT2D eigenvalue weighted by Gasteiger charge is 2.28. The van der Waals surface area contributed by atoms with E-state index in [0.29, 0.717) is 28.7 Å². The van der Waals surface area contributed by atoms with Gasteiger partial charge in [-0.15, -0.1) is 0 Å². The molecular formula is C28H32FNO6. The third-order valence-corrected chi connectivity index (χ3v) is 6.46. The van der Waals surface area contributed by atoms with Crippen molar-refractivity contribution >= 4 is 11.6 Å². The van der Waals surface area contributed by atoms with E-state index in [4.69, 9.17) is 23.4 Å². The average molecular weight is 498 g/mol. The van der Waals surface area contributed by atoms with Crippen LogP contribution in [0.25, 0.3) is 0 Å². The zero-order chi connectivity index (χ0) is 25.9. The molecule has 3 aromatic rings. The molecule has 0 bridgehead atoms. The Bertz CT molecular complexity index is 1220. The van der Waals surface area contributed by atoms with Gasteiger partial charge in [0.05, 0.1) is 14.2 Å². The number of halogens is 1. The normalized spacial score (nSPS) is 14.1. The molecule has 8 heteroatoms. The van der Waals surface area contributed by atoms with Gasteiger partial charge in [0, 0.05) is 18.2 Å². The number of methoxy groups -OCH3 is 2. The molecule has 1 aliphatic carbocycles. The molecule has 2 aromatic carbocycles. The van der Waals surface area contributed by atoms with Crippen LogP contribution in [0.15, 0.2) is 40.8 Å². The Morgan fingerprint density at radius 2 is 1.81 bits per heavy atom. The predicted molar refractivity (Wildman–Crippen MR) is 135 cm³/mol. The summed E-state index contributed by atoms with van der Waals surface area (Å²) in [6, 6.07) is 10.5. The smallest absolute Gasteiger partial charge is 0.291 e. The monoisotopic (exact) mass is 497 g/mol. The fourth-order valence-electron chi connectivity index (χ4n) is 4.58. The van der Waals surface area contributed by atoms with Crippen LogP contribution in [0.4, 0.5) is 10.1 Å². The SMILES string of the molecule is COc1cc(OCC[19F])cc(OC)c1NC(=O)c1ccc(Oc2cc3c(cc2C)CCCC3(C)C)o1. The number of ether oxygens (including phenoxy) is 4. The van der Waals surface area contributed by atoms with Crippen LogP contribution in [0.5, 0.6) is 28.9 Å². The molecule has 0 atom stereocenters. The number of nitrogens with one attached hydrogen (secondary N) is 1. The number of hydrogen-bond donors (Lipinski definition) is 1. The number of rotatable bonds is 9. The van der Waals surface area contributed by atoms with Crippen molar-refractivity contribution in [1.82, 2.24) is 0 Å². The fraction of sp³-hybridized carbons (Fsp3) is 0.393. The highest BCUT2D eigenvalue weighted by molar-refractivity contribution is 6.04. The van der Waals surface area contributed by atoms with Crippen molar-refractivity contribution in [2.75, 3.05) is 32.8 Å². The average Bonchev–Trinajstić information content (AvgIpc) is 3.32. The molecule has 0 unspecified atom stereocenters. The molecule has 1 aliphatic rings. The van der Waals surface area contributed by atoms with Crippen molar-refractivity contribution in [3.05, 3.63) is 58.8 Å². The van der Waals surface area contributed by atoms with Crippen molar-refractivity contribution in [3.8, 4) is 28.9 Å². The van der Waals surface area contributed by atoms with E-state index >= 15 is 0 Å². The van der Waals surface area contributed by atoms with Crippen molar-refractivity contribution in [2.24, 2.45) is 0 Å². The summed E-state index contributed by atoms with van der Waals surface area (Å²) in [4.78, 5) is 13.0. The molecule has 1 N–H and O–H groups in total. The molecule has 0 saturated carbocycles. The van der Waals surface area contributed by atoms with E-state index in [-0.39, 0.29) is 23.7 Å². The Kier molecular flexibility index (Phi) is 7.43. The summed E-state index contributed by atoms with van der Waals surface area (Å²) in [6.07, 6.45) is 3.38. The van der Waals surface area contributed by atoms with E-state index in [1.165, 1.54) is 31.8 Å². The highest BCUT2D eigenvalue weighted by atomic mass is 19.1. The quantitative estimate of drug-likeness (QED) is 0.358. The Balaban J connectivity index is 1.53. The lowest BCUT2D eigenvalue weighted by Crippen LogP contribution is -2.23. The Hall–Kier alpha value is -3.68. The standard InChI is InChI=1S/C28H32FNO6/c1-17-13-18-7-6-10-28(2,3)20(18)16-22(17)36-25-9-8-21(35-25)27(31)30-26-23(32-4)14-19(34-12-11-29)15-24(26)33-5/h8-9,13-16H,6-7,10-12H2,1-5H3,(H,30,31)/i29+0. The summed E-state index contributed by atoms with van der Waals surface area (Å²) in [5.74, 6) is 1.42. The summed E-state index contributed by atoms with van der Waals surface area (Å²) in [5.41, 5.74) is 4.04. The number of hydrogen-bond acceptors (Lipinski definition) is 6. The molecule has 0 spiro atoms. The van der Waals surface area contributed by atoms with Gasteiger partial charge in [0.15, 0.2) is 5.76 Å². The number of aryl methyl sites for hydroxylation is 2. The third kappa shape index (κ3) is 5.27. The molecule has 1 heterocycles. The van der Waals surface area contributed by atoms with Crippen LogP contribution in [0.3, 0.4) is 0 Å². The number of benzene rings is 2. The van der Waals surface area contributed by atoms with Gasteiger partial charge in [-0.05, 0) is 60.4 Å². The minimum Gasteiger partial charge on any atom is -0.494 e. The lowest BCUT2D eigenvalue weighted by molar-refractivity contribution is 0.0991. The topological polar surface area (TPSA) is 79.2 Å². The molecule has 1 aromatic heterocycles. The molecule has 36 heavy (non-hydrogen) atoms. The summed E-state index contributed by atoms with van der Waals surface area (Å²) in [6.45, 7) is 5.78. The minimum absolute atomic E-state index is 0.0582. The fourth-order valence-corrected chi connectivity index (χ4v) is 4.58. The van der Waals surface area contributed by atoms with Crippen LogP contribution in [0.2, 0.25) is 0 Å². The van der Waals surface area contributed by atoms with Gasteiger partial charge < -0.3 is 28.7 Å². The van der Waals surface area contributed by atoms with Crippen LogP contribution in [0.1, 0.15) is 53.9 Å². The van der Waals surface area contributed by atoms with Gasteiger partial charge in [-0.1, -0.05) is 19.9 Å². The summed E-state index contributed by atoms with van der Waals surface area (Å²) >= 11 is 0. The van der Waals surface area contributed by atoms with Gasteiger partial charge in [-0.3, -0.25) is 4.79 Å². The molecule has 4 rings (SSSR count). The summed E-state index contributed by atoms with van der Waals surface area (Å²) in [5, 5.41) is 2.75. The van der Waals surface area contributed by atoms with Crippen molar-refractivity contribution < 1.29 is 32.5 Å². The second-order valence-electron chi connectivity index (χ2n) is 9.43. The number of carbonyl (C=O) groups is 1. The molecule has 192 valence electrons. The van der Waals surface area contributed by atoms with Crippen LogP contribution < -0.4 is 24.3 Å². The van der Waals surface area contributed by atoms with Gasteiger partial charge >= 0.3 is 0 Å². The van der Waals surface area contributed by atoms with Gasteiger partial charge in [0.1, 0.15) is 42.0 Å². The second-order valence-corrected chi connectivity index (χ2v) is 9.43. The van der Waals surface area contributed by atoms with E-state index in [0.717, 1.165) is 18.4 Å². The molecule has 0 fully saturated rings. The third-order valence-electron chi connectivity index (χ3n) is 6.46. The van der Waals surface area contributed by atoms with E-state index in [9.17, 15) is 9.18 Å². The first-order valence-electron chi connectivity index (χ1n) is 11.9. The molecule has 0 aliphatic heterocycles. The van der Waals surface area contributed by atoms with Crippen LogP contribution in [0, 0.1) is 6.92 Å². The Labute approximate surface area is 210 Å². The number of amides is 1. The second kappa shape index (κ2) is 10.5. The number of carbonyl (C=O) groups excluding carboxylic acids is 1. The Morgan fingerprint density at radius 3 is 2.47 bits per heavy atom. The summed E-state index contributed by atoms with van der Waals surface area (Å²) < 4.78 is 40.3. The first-order valence-corrected chi connectivity index (χ1v) is 11.9. The number of anilines is 1. The van der Waals surface area contributed by atoms with Crippen molar-refractivity contribution in [1.29, 1.82) is 0 Å². The van der Waals surface area contributed by atoms with Gasteiger partial charge in [0.25, 0.3) is 11.9 Å². The van der Waals surface area contributed by atoms with Crippen molar-refractivity contribution in [3.63, 3.8) is 0 Å². The largest absolute Gasteiger partial charge is 0.494 e. The molecule has 7 nitrogen and oxygen atoms in total. The predicted octanol–water partition coefficient (Wildman–Crippen LogP) is 6.61. The van der Waals surface area contributed by atoms with Crippen LogP contribution in [-0.4, -0.2) is 33.4 Å². The van der Waals surface area contributed by atoms with E-state index in [1.54, 1.807) is 24.3 Å². The lowest BCUT2D eigenvalue weighted by Gasteiger charge is -2.33. The Morgan fingerprint density at radius 1 is 1.08 bits per heavy atom. The lowest BCUT2D eigenvalue weighted by atomic mass is 9.72. The minimum atomic E-state index is -0.630. The molecular weight excluding hydrogens is 465 g/mol. The maximum absolute atomic E-state index is 13.0. The number of alkyl halides is 1. The van der Waals surface area contributed by atoms with Gasteiger partial charge in [-0.25, -0.2) is 4.39 Å². The van der Waals surface area contributed by atoms with E-state index < -0.39 is 12.6 Å². The maximum Gasteiger partial charge on any atom is 0.291 e. The molecule has 0 saturated heterocycles. The van der Waals surface area contributed by atoms with E-state index in [2.05, 4.69) is 31.3 Å². The maximum atomic E-state index is 13.0. The highest BCUT2D eigenvalue weighted by Crippen LogP contribution is 2.42. The first-order chi connectivity index (χ1) is 17.2.